The molecule has 1 aliphatic carbocycles. The number of halogens is 2. The average molecular weight is 244 g/mol. The standard InChI is InChI=1S/C12H15Cl2N/c13-9-4-5-12(14)11(6-9)10-3-1-2-8(10)7-15/h4-6,8,10H,1-3,7,15H2. The molecule has 0 aliphatic heterocycles. The van der Waals surface area contributed by atoms with Crippen LogP contribution in [0.5, 0.6) is 0 Å². The Bertz CT molecular complexity index is 351. The molecular formula is C12H15Cl2N. The lowest BCUT2D eigenvalue weighted by Crippen LogP contribution is -2.17. The van der Waals surface area contributed by atoms with Gasteiger partial charge in [-0.25, -0.2) is 0 Å². The fourth-order valence-electron chi connectivity index (χ4n) is 2.53. The number of nitrogens with two attached hydrogens (primary N) is 1. The summed E-state index contributed by atoms with van der Waals surface area (Å²) in [6.45, 7) is 0.744. The summed E-state index contributed by atoms with van der Waals surface area (Å²) in [5, 5.41) is 1.59. The third-order valence-electron chi connectivity index (χ3n) is 3.32. The first-order chi connectivity index (χ1) is 7.22. The molecule has 1 aliphatic rings. The van der Waals surface area contributed by atoms with Crippen molar-refractivity contribution in [2.24, 2.45) is 11.7 Å². The molecule has 2 rings (SSSR count). The lowest BCUT2D eigenvalue weighted by Gasteiger charge is -2.19. The molecule has 2 unspecified atom stereocenters. The van der Waals surface area contributed by atoms with Crippen LogP contribution in [-0.2, 0) is 0 Å². The largest absolute Gasteiger partial charge is 0.330 e. The van der Waals surface area contributed by atoms with Crippen LogP contribution in [0.15, 0.2) is 18.2 Å². The number of benzene rings is 1. The summed E-state index contributed by atoms with van der Waals surface area (Å²) in [6, 6.07) is 5.70. The first-order valence-corrected chi connectivity index (χ1v) is 6.13. The van der Waals surface area contributed by atoms with Crippen LogP contribution >= 0.6 is 23.2 Å². The van der Waals surface area contributed by atoms with Gasteiger partial charge in [-0.2, -0.15) is 0 Å². The maximum atomic E-state index is 6.20. The van der Waals surface area contributed by atoms with Gasteiger partial charge in [-0.3, -0.25) is 0 Å². The molecule has 82 valence electrons. The zero-order valence-corrected chi connectivity index (χ0v) is 10.1. The van der Waals surface area contributed by atoms with Gasteiger partial charge in [-0.15, -0.1) is 0 Å². The highest BCUT2D eigenvalue weighted by molar-refractivity contribution is 6.33. The molecule has 1 aromatic carbocycles. The van der Waals surface area contributed by atoms with Crippen molar-refractivity contribution in [2.75, 3.05) is 6.54 Å². The van der Waals surface area contributed by atoms with Gasteiger partial charge in [0.05, 0.1) is 0 Å². The number of rotatable bonds is 2. The lowest BCUT2D eigenvalue weighted by atomic mass is 9.89. The van der Waals surface area contributed by atoms with Crippen molar-refractivity contribution in [3.63, 3.8) is 0 Å². The molecule has 0 spiro atoms. The Morgan fingerprint density at radius 2 is 2.07 bits per heavy atom. The topological polar surface area (TPSA) is 26.0 Å². The van der Waals surface area contributed by atoms with E-state index in [1.54, 1.807) is 0 Å². The predicted octanol–water partition coefficient (Wildman–Crippen LogP) is 3.84. The van der Waals surface area contributed by atoms with E-state index in [0.29, 0.717) is 11.8 Å². The molecule has 2 N–H and O–H groups in total. The first-order valence-electron chi connectivity index (χ1n) is 5.37. The summed E-state index contributed by atoms with van der Waals surface area (Å²) < 4.78 is 0. The maximum absolute atomic E-state index is 6.20. The average Bonchev–Trinajstić information content (AvgIpc) is 2.69. The molecule has 1 aromatic rings. The van der Waals surface area contributed by atoms with Crippen LogP contribution in [0.25, 0.3) is 0 Å². The van der Waals surface area contributed by atoms with Crippen LogP contribution in [0.4, 0.5) is 0 Å². The van der Waals surface area contributed by atoms with Gasteiger partial charge in [0.1, 0.15) is 0 Å². The fourth-order valence-corrected chi connectivity index (χ4v) is 2.97. The van der Waals surface area contributed by atoms with Crippen molar-refractivity contribution in [1.82, 2.24) is 0 Å². The Balaban J connectivity index is 2.31. The molecule has 0 radical (unpaired) electrons. The van der Waals surface area contributed by atoms with E-state index < -0.39 is 0 Å². The Morgan fingerprint density at radius 1 is 1.27 bits per heavy atom. The summed E-state index contributed by atoms with van der Waals surface area (Å²) >= 11 is 12.2. The normalized spacial score (nSPS) is 25.8. The van der Waals surface area contributed by atoms with E-state index in [4.69, 9.17) is 28.9 Å². The van der Waals surface area contributed by atoms with Gasteiger partial charge in [0.15, 0.2) is 0 Å². The smallest absolute Gasteiger partial charge is 0.0441 e. The summed E-state index contributed by atoms with van der Waals surface area (Å²) in [5.74, 6) is 1.07. The Labute approximate surface area is 101 Å². The van der Waals surface area contributed by atoms with Crippen LogP contribution in [0.3, 0.4) is 0 Å². The Morgan fingerprint density at radius 3 is 2.80 bits per heavy atom. The van der Waals surface area contributed by atoms with E-state index in [1.807, 2.05) is 18.2 Å². The molecular weight excluding hydrogens is 229 g/mol. The highest BCUT2D eigenvalue weighted by atomic mass is 35.5. The highest BCUT2D eigenvalue weighted by Gasteiger charge is 2.28. The Kier molecular flexibility index (Phi) is 3.55. The Hall–Kier alpha value is -0.240. The molecule has 0 heterocycles. The molecule has 0 bridgehead atoms. The second-order valence-corrected chi connectivity index (χ2v) is 5.04. The number of hydrogen-bond donors (Lipinski definition) is 1. The van der Waals surface area contributed by atoms with E-state index in [9.17, 15) is 0 Å². The molecule has 0 aromatic heterocycles. The predicted molar refractivity (Wildman–Crippen MR) is 65.6 cm³/mol. The second-order valence-electron chi connectivity index (χ2n) is 4.20. The minimum Gasteiger partial charge on any atom is -0.330 e. The summed E-state index contributed by atoms with van der Waals surface area (Å²) in [6.07, 6.45) is 3.64. The van der Waals surface area contributed by atoms with Crippen LogP contribution in [0.2, 0.25) is 10.0 Å². The highest BCUT2D eigenvalue weighted by Crippen LogP contribution is 2.42. The molecule has 1 saturated carbocycles. The first kappa shape index (κ1) is 11.3. The van der Waals surface area contributed by atoms with E-state index in [1.165, 1.54) is 24.8 Å². The van der Waals surface area contributed by atoms with Crippen LogP contribution in [-0.4, -0.2) is 6.54 Å². The molecule has 15 heavy (non-hydrogen) atoms. The van der Waals surface area contributed by atoms with Crippen molar-refractivity contribution in [1.29, 1.82) is 0 Å². The zero-order chi connectivity index (χ0) is 10.8. The minimum atomic E-state index is 0.501. The van der Waals surface area contributed by atoms with Crippen molar-refractivity contribution >= 4 is 23.2 Å². The van der Waals surface area contributed by atoms with Crippen molar-refractivity contribution < 1.29 is 0 Å². The quantitative estimate of drug-likeness (QED) is 0.840. The molecule has 0 amide bonds. The van der Waals surface area contributed by atoms with Gasteiger partial charge in [-0.1, -0.05) is 29.6 Å². The van der Waals surface area contributed by atoms with Gasteiger partial charge in [0.25, 0.3) is 0 Å². The number of hydrogen-bond acceptors (Lipinski definition) is 1. The zero-order valence-electron chi connectivity index (χ0n) is 8.55. The lowest BCUT2D eigenvalue weighted by molar-refractivity contribution is 0.496. The van der Waals surface area contributed by atoms with Gasteiger partial charge in [-0.05, 0) is 55.0 Å². The molecule has 1 fully saturated rings. The van der Waals surface area contributed by atoms with Crippen molar-refractivity contribution in [3.8, 4) is 0 Å². The van der Waals surface area contributed by atoms with E-state index >= 15 is 0 Å². The monoisotopic (exact) mass is 243 g/mol. The van der Waals surface area contributed by atoms with Crippen molar-refractivity contribution in [2.45, 2.75) is 25.2 Å². The van der Waals surface area contributed by atoms with Crippen LogP contribution in [0.1, 0.15) is 30.7 Å². The van der Waals surface area contributed by atoms with E-state index in [-0.39, 0.29) is 0 Å². The molecule has 0 saturated heterocycles. The van der Waals surface area contributed by atoms with Crippen LogP contribution < -0.4 is 5.73 Å². The molecule has 3 heteroatoms. The van der Waals surface area contributed by atoms with Crippen molar-refractivity contribution in [3.05, 3.63) is 33.8 Å². The van der Waals surface area contributed by atoms with Gasteiger partial charge in [0, 0.05) is 10.0 Å². The van der Waals surface area contributed by atoms with E-state index in [0.717, 1.165) is 16.6 Å². The molecule has 1 nitrogen and oxygen atoms in total. The third kappa shape index (κ3) is 2.30. The summed E-state index contributed by atoms with van der Waals surface area (Å²) in [5.41, 5.74) is 6.95. The maximum Gasteiger partial charge on any atom is 0.0441 e. The summed E-state index contributed by atoms with van der Waals surface area (Å²) in [4.78, 5) is 0. The summed E-state index contributed by atoms with van der Waals surface area (Å²) in [7, 11) is 0. The van der Waals surface area contributed by atoms with Gasteiger partial charge < -0.3 is 5.73 Å². The van der Waals surface area contributed by atoms with E-state index in [2.05, 4.69) is 0 Å². The van der Waals surface area contributed by atoms with Gasteiger partial charge >= 0.3 is 0 Å². The third-order valence-corrected chi connectivity index (χ3v) is 3.90. The molecule has 2 atom stereocenters. The van der Waals surface area contributed by atoms with Gasteiger partial charge in [0.2, 0.25) is 0 Å². The fraction of sp³-hybridized carbons (Fsp3) is 0.500. The minimum absolute atomic E-state index is 0.501. The van der Waals surface area contributed by atoms with Crippen LogP contribution in [0, 0.1) is 5.92 Å². The second kappa shape index (κ2) is 4.73. The SMILES string of the molecule is NCC1CCCC1c1cc(Cl)ccc1Cl.